The van der Waals surface area contributed by atoms with Crippen molar-refractivity contribution in [2.45, 2.75) is 13.8 Å². The fourth-order valence-corrected chi connectivity index (χ4v) is 7.59. The van der Waals surface area contributed by atoms with Crippen LogP contribution in [0.2, 0.25) is 10.0 Å². The fraction of sp³-hybridized carbons (Fsp3) is 0.0857. The Morgan fingerprint density at radius 2 is 1.53 bits per heavy atom. The molecule has 0 unspecified atom stereocenters. The average molecular weight is 703 g/mol. The van der Waals surface area contributed by atoms with E-state index in [1.165, 1.54) is 28.9 Å². The van der Waals surface area contributed by atoms with E-state index < -0.39 is 11.9 Å². The van der Waals surface area contributed by atoms with Crippen LogP contribution in [-0.2, 0) is 0 Å². The van der Waals surface area contributed by atoms with E-state index in [-0.39, 0.29) is 11.7 Å². The molecule has 0 atom stereocenters. The number of hydrogen-bond acceptors (Lipinski definition) is 8. The van der Waals surface area contributed by atoms with E-state index in [0.717, 1.165) is 25.7 Å². The molecular weight excluding hydrogens is 677 g/mol. The lowest BCUT2D eigenvalue weighted by atomic mass is 10.2. The van der Waals surface area contributed by atoms with Gasteiger partial charge in [-0.05, 0) is 79.6 Å². The van der Waals surface area contributed by atoms with Crippen LogP contribution in [0.15, 0.2) is 90.0 Å². The van der Waals surface area contributed by atoms with Crippen LogP contribution in [0.4, 0.5) is 5.69 Å². The number of nitrogens with zero attached hydrogens (tertiary/aromatic N) is 1. The molecule has 0 bridgehead atoms. The van der Waals surface area contributed by atoms with Gasteiger partial charge < -0.3 is 14.8 Å². The van der Waals surface area contributed by atoms with Crippen molar-refractivity contribution in [1.29, 1.82) is 0 Å². The van der Waals surface area contributed by atoms with Crippen molar-refractivity contribution in [2.24, 2.45) is 5.10 Å². The molecular formula is C35H25Cl2N3O5S2. The van der Waals surface area contributed by atoms with E-state index in [1.807, 2.05) is 56.3 Å². The molecule has 4 aromatic carbocycles. The molecule has 2 amide bonds. The lowest BCUT2D eigenvalue weighted by molar-refractivity contribution is 0.0733. The van der Waals surface area contributed by atoms with Crippen LogP contribution in [0.25, 0.3) is 20.2 Å². The minimum Gasteiger partial charge on any atom is -0.490 e. The van der Waals surface area contributed by atoms with Crippen LogP contribution in [0.3, 0.4) is 0 Å². The highest BCUT2D eigenvalue weighted by atomic mass is 35.5. The summed E-state index contributed by atoms with van der Waals surface area (Å²) in [7, 11) is 0. The highest BCUT2D eigenvalue weighted by molar-refractivity contribution is 7.22. The number of nitrogens with one attached hydrogen (secondary N) is 2. The van der Waals surface area contributed by atoms with Crippen LogP contribution in [-0.4, -0.2) is 30.6 Å². The summed E-state index contributed by atoms with van der Waals surface area (Å²) in [6.45, 7) is 4.12. The third kappa shape index (κ3) is 7.01. The number of halogens is 2. The summed E-state index contributed by atoms with van der Waals surface area (Å²) in [6, 6.07) is 24.7. The Kier molecular flexibility index (Phi) is 9.55. The Morgan fingerprint density at radius 3 is 2.30 bits per heavy atom. The molecule has 6 rings (SSSR count). The van der Waals surface area contributed by atoms with Crippen LogP contribution in [0, 0.1) is 6.92 Å². The van der Waals surface area contributed by atoms with E-state index in [1.54, 1.807) is 42.5 Å². The van der Waals surface area contributed by atoms with Crippen LogP contribution in [0.5, 0.6) is 11.5 Å². The molecule has 0 saturated heterocycles. The van der Waals surface area contributed by atoms with Crippen LogP contribution >= 0.6 is 45.9 Å². The number of esters is 1. The molecule has 2 heterocycles. The van der Waals surface area contributed by atoms with E-state index in [4.69, 9.17) is 32.7 Å². The van der Waals surface area contributed by atoms with Gasteiger partial charge in [-0.25, -0.2) is 10.2 Å². The predicted octanol–water partition coefficient (Wildman–Crippen LogP) is 9.37. The lowest BCUT2D eigenvalue weighted by Gasteiger charge is -2.11. The average Bonchev–Trinajstić information content (AvgIpc) is 3.58. The van der Waals surface area contributed by atoms with Crippen LogP contribution in [0.1, 0.15) is 47.8 Å². The molecule has 0 aliphatic carbocycles. The molecule has 0 spiro atoms. The van der Waals surface area contributed by atoms with Crippen molar-refractivity contribution in [3.8, 4) is 11.5 Å². The van der Waals surface area contributed by atoms with Crippen LogP contribution < -0.4 is 20.2 Å². The Labute approximate surface area is 287 Å². The van der Waals surface area contributed by atoms with Gasteiger partial charge in [-0.15, -0.1) is 22.7 Å². The number of hydrogen-bond donors (Lipinski definition) is 2. The summed E-state index contributed by atoms with van der Waals surface area (Å²) in [5.74, 6) is -0.803. The van der Waals surface area contributed by atoms with Gasteiger partial charge in [0.05, 0.1) is 22.9 Å². The second-order valence-corrected chi connectivity index (χ2v) is 13.1. The molecule has 0 fully saturated rings. The SMILES string of the molecule is CCOc1cc(/C=N\NC(=O)c2ccc(NC(=O)c3sc4ccccc4c3Cl)cc2)ccc1OC(=O)c1sc2cc(C)ccc2c1Cl. The van der Waals surface area contributed by atoms with Crippen molar-refractivity contribution in [1.82, 2.24) is 5.43 Å². The quantitative estimate of drug-likeness (QED) is 0.0676. The Bertz CT molecular complexity index is 2190. The molecule has 6 aromatic rings. The van der Waals surface area contributed by atoms with Gasteiger partial charge in [-0.2, -0.15) is 5.10 Å². The van der Waals surface area contributed by atoms with E-state index in [2.05, 4.69) is 15.8 Å². The molecule has 236 valence electrons. The second-order valence-electron chi connectivity index (χ2n) is 10.2. The maximum absolute atomic E-state index is 13.0. The molecule has 12 heteroatoms. The largest absolute Gasteiger partial charge is 0.490 e. The van der Waals surface area contributed by atoms with Gasteiger partial charge in [-0.3, -0.25) is 9.59 Å². The highest BCUT2D eigenvalue weighted by Crippen LogP contribution is 2.38. The summed E-state index contributed by atoms with van der Waals surface area (Å²) in [6.07, 6.45) is 1.44. The van der Waals surface area contributed by atoms with Crippen molar-refractivity contribution >= 4 is 95.7 Å². The number of rotatable bonds is 9. The monoisotopic (exact) mass is 701 g/mol. The first-order chi connectivity index (χ1) is 22.7. The molecule has 0 radical (unpaired) electrons. The van der Waals surface area contributed by atoms with E-state index >= 15 is 0 Å². The number of ether oxygens (including phenoxy) is 2. The first-order valence-corrected chi connectivity index (χ1v) is 16.7. The molecule has 2 N–H and O–H groups in total. The summed E-state index contributed by atoms with van der Waals surface area (Å²) in [4.78, 5) is 39.3. The van der Waals surface area contributed by atoms with E-state index in [0.29, 0.717) is 49.0 Å². The topological polar surface area (TPSA) is 106 Å². The third-order valence-corrected chi connectivity index (χ3v) is 10.3. The summed E-state index contributed by atoms with van der Waals surface area (Å²) >= 11 is 15.5. The number of benzene rings is 4. The van der Waals surface area contributed by atoms with Gasteiger partial charge in [0.15, 0.2) is 11.5 Å². The zero-order valence-corrected chi connectivity index (χ0v) is 28.1. The minimum atomic E-state index is -0.585. The normalized spacial score (nSPS) is 11.2. The molecule has 47 heavy (non-hydrogen) atoms. The number of carbonyl (C=O) groups excluding carboxylic acids is 3. The Morgan fingerprint density at radius 1 is 0.809 bits per heavy atom. The Hall–Kier alpha value is -4.74. The van der Waals surface area contributed by atoms with Gasteiger partial charge in [0.25, 0.3) is 11.8 Å². The summed E-state index contributed by atoms with van der Waals surface area (Å²) in [5.41, 5.74) is 5.00. The maximum Gasteiger partial charge on any atom is 0.355 e. The second kappa shape index (κ2) is 13.9. The molecule has 0 saturated carbocycles. The number of anilines is 1. The Balaban J connectivity index is 1.08. The number of thiophene rings is 2. The van der Waals surface area contributed by atoms with Crippen molar-refractivity contribution in [3.63, 3.8) is 0 Å². The van der Waals surface area contributed by atoms with Gasteiger partial charge in [0.2, 0.25) is 0 Å². The molecule has 2 aromatic heterocycles. The highest BCUT2D eigenvalue weighted by Gasteiger charge is 2.21. The van der Waals surface area contributed by atoms with Crippen molar-refractivity contribution in [2.75, 3.05) is 11.9 Å². The summed E-state index contributed by atoms with van der Waals surface area (Å²) in [5, 5.41) is 9.26. The summed E-state index contributed by atoms with van der Waals surface area (Å²) < 4.78 is 13.2. The number of aryl methyl sites for hydroxylation is 1. The first-order valence-electron chi connectivity index (χ1n) is 14.3. The van der Waals surface area contributed by atoms with Gasteiger partial charge in [-0.1, -0.05) is 53.5 Å². The standard InChI is InChI=1S/C35H25Cl2N3O5S2/c1-3-44-26-17-20(9-15-25(26)45-35(43)32-30(37)24-14-8-19(2)16-28(24)47-32)18-38-40-33(41)21-10-12-22(13-11-21)39-34(42)31-29(36)23-6-4-5-7-27(23)46-31/h4-18H,3H2,1-2H3,(H,39,42)(H,40,41)/b38-18-. The predicted molar refractivity (Wildman–Crippen MR) is 190 cm³/mol. The van der Waals surface area contributed by atoms with Crippen molar-refractivity contribution < 1.29 is 23.9 Å². The smallest absolute Gasteiger partial charge is 0.355 e. The maximum atomic E-state index is 13.0. The number of hydrazone groups is 1. The molecule has 0 aliphatic heterocycles. The number of amides is 2. The minimum absolute atomic E-state index is 0.226. The molecule has 8 nitrogen and oxygen atoms in total. The van der Waals surface area contributed by atoms with Gasteiger partial charge in [0, 0.05) is 31.4 Å². The molecule has 0 aliphatic rings. The lowest BCUT2D eigenvalue weighted by Crippen LogP contribution is -2.17. The zero-order chi connectivity index (χ0) is 33.1. The number of fused-ring (bicyclic) bond motifs is 2. The third-order valence-electron chi connectivity index (χ3n) is 6.97. The van der Waals surface area contributed by atoms with Gasteiger partial charge >= 0.3 is 5.97 Å². The van der Waals surface area contributed by atoms with E-state index in [9.17, 15) is 14.4 Å². The van der Waals surface area contributed by atoms with Crippen molar-refractivity contribution in [3.05, 3.63) is 121 Å². The number of carbonyl (C=O) groups is 3. The zero-order valence-electron chi connectivity index (χ0n) is 24.9. The van der Waals surface area contributed by atoms with Gasteiger partial charge in [0.1, 0.15) is 9.75 Å². The first kappa shape index (κ1) is 32.2. The fourth-order valence-electron chi connectivity index (χ4n) is 4.69.